The number of hydrogen-bond acceptors (Lipinski definition) is 5. The van der Waals surface area contributed by atoms with Gasteiger partial charge in [0.1, 0.15) is 0 Å². The lowest BCUT2D eigenvalue weighted by Gasteiger charge is -2.26. The van der Waals surface area contributed by atoms with Gasteiger partial charge >= 0.3 is 0 Å². The summed E-state index contributed by atoms with van der Waals surface area (Å²) in [6.45, 7) is 1.52. The number of β-amino-alcohol motifs (C(OH)–C–C–N with tert-alkyl or cyclic N) is 1. The van der Waals surface area contributed by atoms with Crippen LogP contribution in [0.3, 0.4) is 0 Å². The van der Waals surface area contributed by atoms with Gasteiger partial charge in [-0.15, -0.1) is 0 Å². The van der Waals surface area contributed by atoms with Crippen LogP contribution in [0, 0.1) is 0 Å². The Morgan fingerprint density at radius 3 is 3.05 bits per heavy atom. The van der Waals surface area contributed by atoms with E-state index in [0.717, 1.165) is 35.6 Å². The third-order valence-electron chi connectivity index (χ3n) is 3.73. The van der Waals surface area contributed by atoms with Crippen molar-refractivity contribution in [3.63, 3.8) is 0 Å². The summed E-state index contributed by atoms with van der Waals surface area (Å²) in [6.07, 6.45) is 0.482. The van der Waals surface area contributed by atoms with E-state index in [9.17, 15) is 5.11 Å². The summed E-state index contributed by atoms with van der Waals surface area (Å²) in [5.74, 6) is 0.814. The molecule has 2 aromatic rings. The average molecular weight is 275 g/mol. The molecule has 1 aliphatic heterocycles. The minimum atomic E-state index is -0.293. The smallest absolute Gasteiger partial charge is 0.204 e. The molecule has 0 saturated carbocycles. The van der Waals surface area contributed by atoms with Gasteiger partial charge in [-0.3, -0.25) is 0 Å². The maximum Gasteiger partial charge on any atom is 0.204 e. The normalized spacial score (nSPS) is 23.1. The predicted octanol–water partition coefficient (Wildman–Crippen LogP) is 0.646. The lowest BCUT2D eigenvalue weighted by molar-refractivity contribution is 0.191. The van der Waals surface area contributed by atoms with Crippen LogP contribution in [0.4, 0.5) is 11.6 Å². The second kappa shape index (κ2) is 4.96. The van der Waals surface area contributed by atoms with E-state index in [2.05, 4.69) is 19.8 Å². The Balaban J connectivity index is 1.92. The Morgan fingerprint density at radius 2 is 2.30 bits per heavy atom. The van der Waals surface area contributed by atoms with Crippen molar-refractivity contribution in [2.45, 2.75) is 18.6 Å². The summed E-state index contributed by atoms with van der Waals surface area (Å²) in [6, 6.07) is 5.93. The fourth-order valence-corrected chi connectivity index (χ4v) is 2.90. The molecule has 0 bridgehead atoms. The van der Waals surface area contributed by atoms with Gasteiger partial charge < -0.3 is 25.6 Å². The highest BCUT2D eigenvalue weighted by molar-refractivity contribution is 5.81. The van der Waals surface area contributed by atoms with Gasteiger partial charge in [-0.05, 0) is 38.7 Å². The average Bonchev–Trinajstić information content (AvgIpc) is 2.91. The number of benzene rings is 1. The molecule has 2 heterocycles. The fourth-order valence-electron chi connectivity index (χ4n) is 2.90. The van der Waals surface area contributed by atoms with Gasteiger partial charge in [0.05, 0.1) is 17.1 Å². The number of imidazole rings is 1. The number of aliphatic hydroxyl groups excluding tert-OH is 1. The van der Waals surface area contributed by atoms with Crippen molar-refractivity contribution >= 4 is 22.7 Å². The van der Waals surface area contributed by atoms with Gasteiger partial charge in [-0.1, -0.05) is 0 Å². The molecule has 4 N–H and O–H groups in total. The molecule has 0 radical (unpaired) electrons. The zero-order valence-electron chi connectivity index (χ0n) is 11.9. The third-order valence-corrected chi connectivity index (χ3v) is 3.73. The number of nitrogen functional groups attached to an aromatic ring is 1. The first-order valence-electron chi connectivity index (χ1n) is 6.87. The number of H-pyrrole nitrogens is 1. The molecule has 0 amide bonds. The van der Waals surface area contributed by atoms with Gasteiger partial charge in [0.25, 0.3) is 0 Å². The van der Waals surface area contributed by atoms with Gasteiger partial charge in [0.15, 0.2) is 0 Å². The molecule has 1 fully saturated rings. The van der Waals surface area contributed by atoms with E-state index < -0.39 is 0 Å². The lowest BCUT2D eigenvalue weighted by Crippen LogP contribution is -2.38. The fraction of sp³-hybridized carbons (Fsp3) is 0.500. The van der Waals surface area contributed by atoms with Crippen molar-refractivity contribution < 1.29 is 5.11 Å². The van der Waals surface area contributed by atoms with Crippen LogP contribution >= 0.6 is 0 Å². The molecule has 2 unspecified atom stereocenters. The minimum Gasteiger partial charge on any atom is -0.399 e. The van der Waals surface area contributed by atoms with Crippen LogP contribution in [-0.4, -0.2) is 59.3 Å². The number of anilines is 2. The van der Waals surface area contributed by atoms with Crippen LogP contribution < -0.4 is 10.6 Å². The van der Waals surface area contributed by atoms with Crippen molar-refractivity contribution in [2.75, 3.05) is 37.8 Å². The number of aliphatic hydroxyl groups is 1. The van der Waals surface area contributed by atoms with E-state index in [-0.39, 0.29) is 12.1 Å². The van der Waals surface area contributed by atoms with Crippen LogP contribution in [0.2, 0.25) is 0 Å². The summed E-state index contributed by atoms with van der Waals surface area (Å²) < 4.78 is 0. The Labute approximate surface area is 118 Å². The van der Waals surface area contributed by atoms with E-state index in [4.69, 9.17) is 5.73 Å². The number of nitrogens with one attached hydrogen (secondary N) is 1. The monoisotopic (exact) mass is 275 g/mol. The highest BCUT2D eigenvalue weighted by atomic mass is 16.3. The Morgan fingerprint density at radius 1 is 1.50 bits per heavy atom. The summed E-state index contributed by atoms with van der Waals surface area (Å²) >= 11 is 0. The van der Waals surface area contributed by atoms with Crippen molar-refractivity contribution in [1.29, 1.82) is 0 Å². The largest absolute Gasteiger partial charge is 0.399 e. The molecule has 20 heavy (non-hydrogen) atoms. The SMILES string of the molecule is CN(C)CC1CC(O)CN1c1nc2ccc(N)cc2[nH]1. The zero-order chi connectivity index (χ0) is 14.3. The first-order valence-corrected chi connectivity index (χ1v) is 6.87. The first kappa shape index (κ1) is 13.2. The summed E-state index contributed by atoms with van der Waals surface area (Å²) in [5.41, 5.74) is 8.35. The van der Waals surface area contributed by atoms with Crippen LogP contribution in [0.25, 0.3) is 11.0 Å². The molecular formula is C14H21N5O. The Bertz CT molecular complexity index is 609. The first-order chi connectivity index (χ1) is 9.52. The minimum absolute atomic E-state index is 0.276. The Kier molecular flexibility index (Phi) is 3.27. The predicted molar refractivity (Wildman–Crippen MR) is 80.8 cm³/mol. The number of aromatic nitrogens is 2. The molecule has 3 rings (SSSR count). The molecule has 6 heteroatoms. The molecule has 0 spiro atoms. The molecule has 6 nitrogen and oxygen atoms in total. The van der Waals surface area contributed by atoms with E-state index in [1.165, 1.54) is 0 Å². The third kappa shape index (κ3) is 2.44. The molecule has 2 atom stereocenters. The highest BCUT2D eigenvalue weighted by Gasteiger charge is 2.32. The zero-order valence-corrected chi connectivity index (χ0v) is 11.9. The molecule has 1 aromatic carbocycles. The Hall–Kier alpha value is -1.79. The topological polar surface area (TPSA) is 81.4 Å². The second-order valence-corrected chi connectivity index (χ2v) is 5.79. The lowest BCUT2D eigenvalue weighted by atomic mass is 10.2. The van der Waals surface area contributed by atoms with Crippen LogP contribution in [0.15, 0.2) is 18.2 Å². The molecule has 1 aromatic heterocycles. The highest BCUT2D eigenvalue weighted by Crippen LogP contribution is 2.26. The van der Waals surface area contributed by atoms with Gasteiger partial charge in [0, 0.05) is 24.8 Å². The van der Waals surface area contributed by atoms with Crippen LogP contribution in [0.1, 0.15) is 6.42 Å². The molecular weight excluding hydrogens is 254 g/mol. The summed E-state index contributed by atoms with van der Waals surface area (Å²) in [5, 5.41) is 9.94. The number of nitrogens with zero attached hydrogens (tertiary/aromatic N) is 3. The summed E-state index contributed by atoms with van der Waals surface area (Å²) in [7, 11) is 4.09. The van der Waals surface area contributed by atoms with E-state index in [0.29, 0.717) is 6.54 Å². The molecule has 108 valence electrons. The number of hydrogen-bond donors (Lipinski definition) is 3. The number of fused-ring (bicyclic) bond motifs is 1. The maximum atomic E-state index is 9.94. The van der Waals surface area contributed by atoms with Crippen molar-refractivity contribution in [2.24, 2.45) is 0 Å². The van der Waals surface area contributed by atoms with Crippen molar-refractivity contribution in [3.05, 3.63) is 18.2 Å². The number of aromatic amines is 1. The van der Waals surface area contributed by atoms with Gasteiger partial charge in [-0.2, -0.15) is 0 Å². The standard InChI is InChI=1S/C14H21N5O/c1-18(2)7-10-6-11(20)8-19(10)14-16-12-4-3-9(15)5-13(12)17-14/h3-5,10-11,20H,6-8,15H2,1-2H3,(H,16,17). The van der Waals surface area contributed by atoms with Crippen molar-refractivity contribution in [1.82, 2.24) is 14.9 Å². The van der Waals surface area contributed by atoms with Gasteiger partial charge in [-0.25, -0.2) is 4.98 Å². The molecule has 0 aliphatic carbocycles. The molecule has 1 saturated heterocycles. The van der Waals surface area contributed by atoms with Gasteiger partial charge in [0.2, 0.25) is 5.95 Å². The summed E-state index contributed by atoms with van der Waals surface area (Å²) in [4.78, 5) is 12.2. The van der Waals surface area contributed by atoms with E-state index in [1.807, 2.05) is 32.3 Å². The maximum absolute atomic E-state index is 9.94. The van der Waals surface area contributed by atoms with Crippen LogP contribution in [0.5, 0.6) is 0 Å². The number of likely N-dealkylation sites (N-methyl/N-ethyl adjacent to an activating group) is 1. The second-order valence-electron chi connectivity index (χ2n) is 5.79. The quantitative estimate of drug-likeness (QED) is 0.716. The van der Waals surface area contributed by atoms with E-state index in [1.54, 1.807) is 0 Å². The molecule has 1 aliphatic rings. The number of rotatable bonds is 3. The number of nitrogens with two attached hydrogens (primary N) is 1. The van der Waals surface area contributed by atoms with E-state index >= 15 is 0 Å². The van der Waals surface area contributed by atoms with Crippen LogP contribution in [-0.2, 0) is 0 Å². The van der Waals surface area contributed by atoms with Crippen molar-refractivity contribution in [3.8, 4) is 0 Å².